The quantitative estimate of drug-likeness (QED) is 0.773. The smallest absolute Gasteiger partial charge is 0.120 e. The molecular formula is C13H21NO. The highest BCUT2D eigenvalue weighted by Gasteiger charge is 2.28. The molecule has 84 valence electrons. The standard InChI is InChI=1S/C13H21NO/c1-3-12(13-5-4-8-15-13)14-9-10(2)11-6-7-11/h4-5,8,10-12,14H,3,6-7,9H2,1-2H3. The van der Waals surface area contributed by atoms with Gasteiger partial charge in [0.1, 0.15) is 5.76 Å². The van der Waals surface area contributed by atoms with E-state index < -0.39 is 0 Å². The van der Waals surface area contributed by atoms with Crippen LogP contribution in [0.1, 0.15) is 44.9 Å². The van der Waals surface area contributed by atoms with Gasteiger partial charge in [0.2, 0.25) is 0 Å². The lowest BCUT2D eigenvalue weighted by Crippen LogP contribution is -2.26. The first-order valence-corrected chi connectivity index (χ1v) is 6.08. The summed E-state index contributed by atoms with van der Waals surface area (Å²) in [4.78, 5) is 0. The average molecular weight is 207 g/mol. The Morgan fingerprint density at radius 1 is 1.53 bits per heavy atom. The Labute approximate surface area is 92.1 Å². The summed E-state index contributed by atoms with van der Waals surface area (Å²) in [6.07, 6.45) is 5.70. The van der Waals surface area contributed by atoms with E-state index in [4.69, 9.17) is 4.42 Å². The van der Waals surface area contributed by atoms with Gasteiger partial charge < -0.3 is 9.73 Å². The minimum atomic E-state index is 0.390. The van der Waals surface area contributed by atoms with E-state index in [0.717, 1.165) is 30.6 Å². The van der Waals surface area contributed by atoms with Crippen molar-refractivity contribution in [3.8, 4) is 0 Å². The molecule has 15 heavy (non-hydrogen) atoms. The van der Waals surface area contributed by atoms with Crippen molar-refractivity contribution in [2.45, 2.75) is 39.2 Å². The zero-order valence-corrected chi connectivity index (χ0v) is 9.70. The molecule has 2 atom stereocenters. The number of furan rings is 1. The van der Waals surface area contributed by atoms with Crippen LogP contribution in [0.15, 0.2) is 22.8 Å². The van der Waals surface area contributed by atoms with Crippen molar-refractivity contribution in [2.75, 3.05) is 6.54 Å². The van der Waals surface area contributed by atoms with Gasteiger partial charge in [-0.3, -0.25) is 0 Å². The van der Waals surface area contributed by atoms with Crippen molar-refractivity contribution in [3.63, 3.8) is 0 Å². The third kappa shape index (κ3) is 2.85. The molecule has 1 heterocycles. The average Bonchev–Trinajstić information content (AvgIpc) is 2.97. The molecule has 0 aromatic carbocycles. The van der Waals surface area contributed by atoms with Crippen LogP contribution in [0.5, 0.6) is 0 Å². The Morgan fingerprint density at radius 3 is 2.87 bits per heavy atom. The maximum atomic E-state index is 5.43. The van der Waals surface area contributed by atoms with Crippen LogP contribution >= 0.6 is 0 Å². The molecule has 0 aliphatic heterocycles. The summed E-state index contributed by atoms with van der Waals surface area (Å²) in [5, 5.41) is 3.60. The van der Waals surface area contributed by atoms with Crippen LogP contribution in [-0.2, 0) is 0 Å². The van der Waals surface area contributed by atoms with Crippen molar-refractivity contribution in [1.82, 2.24) is 5.32 Å². The summed E-state index contributed by atoms with van der Waals surface area (Å²) in [6, 6.07) is 4.41. The van der Waals surface area contributed by atoms with Gasteiger partial charge in [-0.15, -0.1) is 0 Å². The molecule has 1 saturated carbocycles. The highest BCUT2D eigenvalue weighted by molar-refractivity contribution is 5.04. The predicted molar refractivity (Wildman–Crippen MR) is 61.6 cm³/mol. The summed E-state index contributed by atoms with van der Waals surface area (Å²) in [6.45, 7) is 5.66. The first kappa shape index (κ1) is 10.7. The SMILES string of the molecule is CCC(NCC(C)C1CC1)c1ccco1. The first-order valence-electron chi connectivity index (χ1n) is 6.08. The van der Waals surface area contributed by atoms with E-state index in [1.165, 1.54) is 12.8 Å². The molecule has 1 aliphatic carbocycles. The Hall–Kier alpha value is -0.760. The van der Waals surface area contributed by atoms with Crippen LogP contribution in [-0.4, -0.2) is 6.54 Å². The topological polar surface area (TPSA) is 25.2 Å². The van der Waals surface area contributed by atoms with Crippen LogP contribution in [0, 0.1) is 11.8 Å². The second-order valence-electron chi connectivity index (χ2n) is 4.70. The zero-order valence-electron chi connectivity index (χ0n) is 9.70. The van der Waals surface area contributed by atoms with Crippen molar-refractivity contribution >= 4 is 0 Å². The van der Waals surface area contributed by atoms with Crippen molar-refractivity contribution in [2.24, 2.45) is 11.8 Å². The first-order chi connectivity index (χ1) is 7.31. The van der Waals surface area contributed by atoms with E-state index in [1.54, 1.807) is 6.26 Å². The number of hydrogen-bond donors (Lipinski definition) is 1. The molecule has 0 bridgehead atoms. The highest BCUT2D eigenvalue weighted by Crippen LogP contribution is 2.36. The normalized spacial score (nSPS) is 20.1. The Kier molecular flexibility index (Phi) is 3.47. The van der Waals surface area contributed by atoms with Gasteiger partial charge in [-0.1, -0.05) is 13.8 Å². The van der Waals surface area contributed by atoms with Crippen LogP contribution < -0.4 is 5.32 Å². The fraction of sp³-hybridized carbons (Fsp3) is 0.692. The fourth-order valence-corrected chi connectivity index (χ4v) is 2.10. The molecule has 2 heteroatoms. The lowest BCUT2D eigenvalue weighted by molar-refractivity contribution is 0.366. The van der Waals surface area contributed by atoms with Gasteiger partial charge in [0.25, 0.3) is 0 Å². The van der Waals surface area contributed by atoms with Gasteiger partial charge in [-0.05, 0) is 49.8 Å². The Balaban J connectivity index is 1.80. The van der Waals surface area contributed by atoms with E-state index in [9.17, 15) is 0 Å². The van der Waals surface area contributed by atoms with Gasteiger partial charge >= 0.3 is 0 Å². The molecule has 2 rings (SSSR count). The van der Waals surface area contributed by atoms with E-state index in [-0.39, 0.29) is 0 Å². The summed E-state index contributed by atoms with van der Waals surface area (Å²) in [7, 11) is 0. The van der Waals surface area contributed by atoms with Gasteiger partial charge in [-0.25, -0.2) is 0 Å². The van der Waals surface area contributed by atoms with Crippen molar-refractivity contribution < 1.29 is 4.42 Å². The third-order valence-corrected chi connectivity index (χ3v) is 3.41. The number of hydrogen-bond acceptors (Lipinski definition) is 2. The molecular weight excluding hydrogens is 186 g/mol. The van der Waals surface area contributed by atoms with E-state index in [2.05, 4.69) is 25.2 Å². The molecule has 1 N–H and O–H groups in total. The summed E-state index contributed by atoms with van der Waals surface area (Å²) in [5.74, 6) is 2.86. The molecule has 0 amide bonds. The third-order valence-electron chi connectivity index (χ3n) is 3.41. The van der Waals surface area contributed by atoms with E-state index in [0.29, 0.717) is 6.04 Å². The van der Waals surface area contributed by atoms with Gasteiger partial charge in [-0.2, -0.15) is 0 Å². The zero-order chi connectivity index (χ0) is 10.7. The van der Waals surface area contributed by atoms with Gasteiger partial charge in [0, 0.05) is 0 Å². The van der Waals surface area contributed by atoms with E-state index in [1.807, 2.05) is 6.07 Å². The molecule has 0 radical (unpaired) electrons. The van der Waals surface area contributed by atoms with Crippen LogP contribution in [0.3, 0.4) is 0 Å². The van der Waals surface area contributed by atoms with Gasteiger partial charge in [0.05, 0.1) is 12.3 Å². The molecule has 1 aromatic rings. The lowest BCUT2D eigenvalue weighted by atomic mass is 10.1. The molecule has 1 aliphatic rings. The maximum Gasteiger partial charge on any atom is 0.120 e. The predicted octanol–water partition coefficient (Wildman–Crippen LogP) is 3.37. The number of rotatable bonds is 6. The lowest BCUT2D eigenvalue weighted by Gasteiger charge is -2.18. The van der Waals surface area contributed by atoms with E-state index >= 15 is 0 Å². The molecule has 2 unspecified atom stereocenters. The summed E-state index contributed by atoms with van der Waals surface area (Å²) in [5.41, 5.74) is 0. The largest absolute Gasteiger partial charge is 0.468 e. The van der Waals surface area contributed by atoms with Gasteiger partial charge in [0.15, 0.2) is 0 Å². The second kappa shape index (κ2) is 4.84. The molecule has 1 aromatic heterocycles. The Morgan fingerprint density at radius 2 is 2.33 bits per heavy atom. The molecule has 2 nitrogen and oxygen atoms in total. The minimum absolute atomic E-state index is 0.390. The summed E-state index contributed by atoms with van der Waals surface area (Å²) >= 11 is 0. The second-order valence-corrected chi connectivity index (χ2v) is 4.70. The van der Waals surface area contributed by atoms with Crippen LogP contribution in [0.25, 0.3) is 0 Å². The Bertz CT molecular complexity index is 277. The molecule has 1 fully saturated rings. The fourth-order valence-electron chi connectivity index (χ4n) is 2.10. The monoisotopic (exact) mass is 207 g/mol. The van der Waals surface area contributed by atoms with Crippen LogP contribution in [0.2, 0.25) is 0 Å². The maximum absolute atomic E-state index is 5.43. The molecule has 0 spiro atoms. The highest BCUT2D eigenvalue weighted by atomic mass is 16.3. The minimum Gasteiger partial charge on any atom is -0.468 e. The van der Waals surface area contributed by atoms with Crippen LogP contribution in [0.4, 0.5) is 0 Å². The van der Waals surface area contributed by atoms with Crippen molar-refractivity contribution in [3.05, 3.63) is 24.2 Å². The molecule has 0 saturated heterocycles. The number of nitrogens with one attached hydrogen (secondary N) is 1. The van der Waals surface area contributed by atoms with Crippen molar-refractivity contribution in [1.29, 1.82) is 0 Å². The summed E-state index contributed by atoms with van der Waals surface area (Å²) < 4.78 is 5.43.